The predicted molar refractivity (Wildman–Crippen MR) is 65.0 cm³/mol. The molecule has 0 aromatic carbocycles. The molecule has 86 valence electrons. The van der Waals surface area contributed by atoms with Gasteiger partial charge in [-0.25, -0.2) is 0 Å². The Bertz CT molecular complexity index is 114. The molecule has 0 aliphatic heterocycles. The van der Waals surface area contributed by atoms with E-state index in [9.17, 15) is 0 Å². The molecule has 0 aromatic heterocycles. The van der Waals surface area contributed by atoms with E-state index >= 15 is 0 Å². The second-order valence-corrected chi connectivity index (χ2v) is 23.6. The van der Waals surface area contributed by atoms with Gasteiger partial charge in [-0.2, -0.15) is 0 Å². The van der Waals surface area contributed by atoms with Gasteiger partial charge < -0.3 is 0 Å². The Kier molecular flexibility index (Phi) is 8.57. The van der Waals surface area contributed by atoms with Gasteiger partial charge in [0, 0.05) is 0 Å². The van der Waals surface area contributed by atoms with Gasteiger partial charge in [0.25, 0.3) is 0 Å². The quantitative estimate of drug-likeness (QED) is 0.474. The first-order chi connectivity index (χ1) is 6.66. The molecule has 0 spiro atoms. The summed E-state index contributed by atoms with van der Waals surface area (Å²) in [6, 6.07) is 0. The SMILES string of the molecule is CC[CH2][Hf]([CH2]CC)([CH2]CC)[CH](C)CC. The average Bonchev–Trinajstić information content (AvgIpc) is 2.17. The molecule has 0 amide bonds. The summed E-state index contributed by atoms with van der Waals surface area (Å²) in [5, 5.41) is 0. The first-order valence-corrected chi connectivity index (χ1v) is 16.4. The van der Waals surface area contributed by atoms with Gasteiger partial charge in [-0.15, -0.1) is 0 Å². The van der Waals surface area contributed by atoms with E-state index in [1.807, 2.05) is 0 Å². The molecule has 0 saturated carbocycles. The summed E-state index contributed by atoms with van der Waals surface area (Å²) < 4.78 is 6.10. The third kappa shape index (κ3) is 4.16. The van der Waals surface area contributed by atoms with Crippen LogP contribution in [0.25, 0.3) is 0 Å². The van der Waals surface area contributed by atoms with E-state index in [1.54, 1.807) is 12.5 Å². The van der Waals surface area contributed by atoms with E-state index in [0.717, 1.165) is 3.67 Å². The second kappa shape index (κ2) is 8.07. The predicted octanol–water partition coefficient (Wildman–Crippen LogP) is 5.84. The van der Waals surface area contributed by atoms with Crippen LogP contribution in [-0.2, 0) is 20.0 Å². The summed E-state index contributed by atoms with van der Waals surface area (Å²) in [5.74, 6) is 0. The number of rotatable bonds is 8. The summed E-state index contributed by atoms with van der Waals surface area (Å²) >= 11 is -1.83. The van der Waals surface area contributed by atoms with Crippen LogP contribution < -0.4 is 0 Å². The average molecular weight is 365 g/mol. The Hall–Kier alpha value is 0.870. The van der Waals surface area contributed by atoms with Crippen LogP contribution in [0.15, 0.2) is 0 Å². The molecule has 0 bridgehead atoms. The fourth-order valence-electron chi connectivity index (χ4n) is 3.04. The molecule has 0 aromatic rings. The van der Waals surface area contributed by atoms with Gasteiger partial charge in [-0.05, 0) is 0 Å². The minimum absolute atomic E-state index is 1.13. The monoisotopic (exact) mass is 366 g/mol. The van der Waals surface area contributed by atoms with Crippen LogP contribution in [0.1, 0.15) is 60.3 Å². The molecule has 0 rings (SSSR count). The van der Waals surface area contributed by atoms with Gasteiger partial charge in [0.05, 0.1) is 0 Å². The Balaban J connectivity index is 4.53. The van der Waals surface area contributed by atoms with Crippen LogP contribution in [0.5, 0.6) is 0 Å². The summed E-state index contributed by atoms with van der Waals surface area (Å²) in [5.41, 5.74) is 0. The molecular formula is C13H30Hf. The Morgan fingerprint density at radius 2 is 1.14 bits per heavy atom. The Morgan fingerprint density at radius 1 is 0.786 bits per heavy atom. The third-order valence-corrected chi connectivity index (χ3v) is 29.0. The van der Waals surface area contributed by atoms with E-state index < -0.39 is 20.0 Å². The van der Waals surface area contributed by atoms with Crippen molar-refractivity contribution in [1.82, 2.24) is 0 Å². The van der Waals surface area contributed by atoms with E-state index in [0.29, 0.717) is 0 Å². The molecule has 0 aliphatic carbocycles. The normalized spacial score (nSPS) is 14.4. The molecule has 0 radical (unpaired) electrons. The van der Waals surface area contributed by atoms with Crippen molar-refractivity contribution in [3.8, 4) is 0 Å². The first kappa shape index (κ1) is 14.9. The number of hydrogen-bond acceptors (Lipinski definition) is 0. The van der Waals surface area contributed by atoms with Crippen LogP contribution in [0.2, 0.25) is 16.2 Å². The summed E-state index contributed by atoms with van der Waals surface area (Å²) in [6.07, 6.45) is 5.80. The van der Waals surface area contributed by atoms with Crippen molar-refractivity contribution in [2.24, 2.45) is 0 Å². The standard InChI is InChI=1S/C4H9.3C3H7.Hf/c1-3-4-2;3*1-3-2;/h3H,4H2,1-2H3;3*1,3H2,2H3;. The van der Waals surface area contributed by atoms with E-state index in [-0.39, 0.29) is 0 Å². The zero-order valence-electron chi connectivity index (χ0n) is 11.0. The van der Waals surface area contributed by atoms with Crippen LogP contribution in [0, 0.1) is 0 Å². The second-order valence-electron chi connectivity index (χ2n) is 4.92. The van der Waals surface area contributed by atoms with Crippen LogP contribution in [-0.4, -0.2) is 0 Å². The van der Waals surface area contributed by atoms with Crippen LogP contribution in [0.3, 0.4) is 0 Å². The van der Waals surface area contributed by atoms with Crippen molar-refractivity contribution in [2.75, 3.05) is 0 Å². The minimum atomic E-state index is -1.83. The number of hydrogen-bond donors (Lipinski definition) is 0. The molecule has 14 heavy (non-hydrogen) atoms. The molecule has 0 nitrogen and oxygen atoms in total. The van der Waals surface area contributed by atoms with Crippen molar-refractivity contribution in [2.45, 2.75) is 76.5 Å². The van der Waals surface area contributed by atoms with Gasteiger partial charge in [0.15, 0.2) is 0 Å². The third-order valence-electron chi connectivity index (χ3n) is 3.90. The van der Waals surface area contributed by atoms with Crippen LogP contribution >= 0.6 is 0 Å². The zero-order chi connectivity index (χ0) is 11.0. The maximum atomic E-state index is 2.56. The summed E-state index contributed by atoms with van der Waals surface area (Å²) in [4.78, 5) is 0. The fourth-order valence-corrected chi connectivity index (χ4v) is 24.9. The maximum absolute atomic E-state index is 2.56. The van der Waals surface area contributed by atoms with Crippen molar-refractivity contribution in [1.29, 1.82) is 0 Å². The molecule has 0 fully saturated rings. The van der Waals surface area contributed by atoms with Crippen LogP contribution in [0.4, 0.5) is 0 Å². The zero-order valence-corrected chi connectivity index (χ0v) is 14.6. The fraction of sp³-hybridized carbons (Fsp3) is 1.00. The molecule has 0 heterocycles. The molecule has 1 unspecified atom stereocenters. The van der Waals surface area contributed by atoms with E-state index in [2.05, 4.69) is 34.6 Å². The molecule has 0 saturated heterocycles. The first-order valence-electron chi connectivity index (χ1n) is 6.66. The molecule has 0 aliphatic rings. The Labute approximate surface area is 96.2 Å². The summed E-state index contributed by atoms with van der Waals surface area (Å²) in [7, 11) is 0. The van der Waals surface area contributed by atoms with Gasteiger partial charge in [-0.1, -0.05) is 0 Å². The van der Waals surface area contributed by atoms with Crippen molar-refractivity contribution >= 4 is 0 Å². The van der Waals surface area contributed by atoms with Crippen molar-refractivity contribution in [3.05, 3.63) is 0 Å². The van der Waals surface area contributed by atoms with Gasteiger partial charge in [0.1, 0.15) is 0 Å². The van der Waals surface area contributed by atoms with Gasteiger partial charge in [-0.3, -0.25) is 0 Å². The van der Waals surface area contributed by atoms with Crippen molar-refractivity contribution in [3.63, 3.8) is 0 Å². The summed E-state index contributed by atoms with van der Waals surface area (Å²) in [6.45, 7) is 12.1. The van der Waals surface area contributed by atoms with E-state index in [4.69, 9.17) is 0 Å². The van der Waals surface area contributed by atoms with Gasteiger partial charge in [0.2, 0.25) is 0 Å². The molecule has 1 heteroatoms. The van der Waals surface area contributed by atoms with E-state index in [1.165, 1.54) is 25.7 Å². The molecular weight excluding hydrogens is 335 g/mol. The topological polar surface area (TPSA) is 0 Å². The van der Waals surface area contributed by atoms with Gasteiger partial charge >= 0.3 is 96.5 Å². The molecule has 1 atom stereocenters. The van der Waals surface area contributed by atoms with Crippen molar-refractivity contribution < 1.29 is 20.0 Å². The Morgan fingerprint density at radius 3 is 1.36 bits per heavy atom. The molecule has 0 N–H and O–H groups in total.